The number of hydrogen-bond donors (Lipinski definition) is 3. The lowest BCUT2D eigenvalue weighted by molar-refractivity contribution is -0.119. The molecule has 3 heterocycles. The first kappa shape index (κ1) is 27.6. The summed E-state index contributed by atoms with van der Waals surface area (Å²) in [6.07, 6.45) is 4.18. The normalized spacial score (nSPS) is 18.5. The summed E-state index contributed by atoms with van der Waals surface area (Å²) in [4.78, 5) is 24.2. The maximum atomic E-state index is 12.5. The molecule has 2 aliphatic heterocycles. The number of rotatable bonds is 9. The van der Waals surface area contributed by atoms with Gasteiger partial charge < -0.3 is 25.6 Å². The number of carbonyl (C=O) groups is 1. The standard InChI is InChI=1S/C30H37BrN6O2/c1-19-15-20(22-8-6-12-37(18-22)13-14-39-4)10-11-24(19)35-29-33-17-23(31)27(36-29)32-16-21-7-5-9-25-26(21)30(2,3)28(38)34-25/h5,7,9-11,15,17,22H,6,8,12-14,16,18H2,1-4H3,(H,34,38)(H2,32,33,35,36)/t22-/m1/s1. The van der Waals surface area contributed by atoms with Crippen LogP contribution in [0.25, 0.3) is 0 Å². The Hall–Kier alpha value is -3.01. The summed E-state index contributed by atoms with van der Waals surface area (Å²) in [5.74, 6) is 1.77. The number of likely N-dealkylation sites (tertiary alicyclic amines) is 1. The molecule has 0 unspecified atom stereocenters. The zero-order valence-corrected chi connectivity index (χ0v) is 24.7. The van der Waals surface area contributed by atoms with Crippen LogP contribution in [0.3, 0.4) is 0 Å². The largest absolute Gasteiger partial charge is 0.383 e. The van der Waals surface area contributed by atoms with Gasteiger partial charge in [0.05, 0.1) is 16.5 Å². The molecule has 1 aromatic heterocycles. The van der Waals surface area contributed by atoms with E-state index in [4.69, 9.17) is 9.72 Å². The van der Waals surface area contributed by atoms with Gasteiger partial charge in [-0.05, 0) is 96.4 Å². The molecule has 0 radical (unpaired) electrons. The molecule has 1 atom stereocenters. The molecule has 3 aromatic rings. The number of methoxy groups -OCH3 is 1. The van der Waals surface area contributed by atoms with Crippen molar-refractivity contribution in [3.63, 3.8) is 0 Å². The van der Waals surface area contributed by atoms with E-state index in [0.29, 0.717) is 24.2 Å². The van der Waals surface area contributed by atoms with Crippen LogP contribution >= 0.6 is 15.9 Å². The van der Waals surface area contributed by atoms with Crippen LogP contribution in [-0.4, -0.2) is 54.1 Å². The van der Waals surface area contributed by atoms with Crippen molar-refractivity contribution in [1.29, 1.82) is 0 Å². The molecule has 8 nitrogen and oxygen atoms in total. The Bertz CT molecular complexity index is 1360. The first-order valence-electron chi connectivity index (χ1n) is 13.6. The van der Waals surface area contributed by atoms with Crippen molar-refractivity contribution in [2.24, 2.45) is 0 Å². The molecule has 1 amide bonds. The van der Waals surface area contributed by atoms with E-state index in [1.165, 1.54) is 24.0 Å². The fourth-order valence-corrected chi connectivity index (χ4v) is 6.00. The van der Waals surface area contributed by atoms with Gasteiger partial charge in [-0.2, -0.15) is 4.98 Å². The van der Waals surface area contributed by atoms with Gasteiger partial charge in [-0.15, -0.1) is 0 Å². The van der Waals surface area contributed by atoms with Crippen molar-refractivity contribution in [2.45, 2.75) is 51.5 Å². The number of amides is 1. The third-order valence-corrected chi connectivity index (χ3v) is 8.45. The Labute approximate surface area is 239 Å². The number of fused-ring (bicyclic) bond motifs is 1. The zero-order valence-electron chi connectivity index (χ0n) is 23.1. The Morgan fingerprint density at radius 1 is 1.26 bits per heavy atom. The number of aryl methyl sites for hydroxylation is 1. The quantitative estimate of drug-likeness (QED) is 0.282. The van der Waals surface area contributed by atoms with Gasteiger partial charge in [0.15, 0.2) is 0 Å². The minimum Gasteiger partial charge on any atom is -0.383 e. The van der Waals surface area contributed by atoms with Crippen LogP contribution in [0.2, 0.25) is 0 Å². The Kier molecular flexibility index (Phi) is 8.21. The van der Waals surface area contributed by atoms with Gasteiger partial charge >= 0.3 is 0 Å². The number of ether oxygens (including phenoxy) is 1. The molecule has 0 spiro atoms. The second-order valence-corrected chi connectivity index (χ2v) is 11.8. The minimum atomic E-state index is -0.577. The number of nitrogens with one attached hydrogen (secondary N) is 3. The zero-order chi connectivity index (χ0) is 27.6. The molecule has 39 heavy (non-hydrogen) atoms. The Morgan fingerprint density at radius 2 is 2.10 bits per heavy atom. The molecule has 9 heteroatoms. The molecule has 206 valence electrons. The summed E-state index contributed by atoms with van der Waals surface area (Å²) < 4.78 is 6.05. The number of benzene rings is 2. The summed E-state index contributed by atoms with van der Waals surface area (Å²) >= 11 is 3.58. The smallest absolute Gasteiger partial charge is 0.234 e. The predicted octanol–water partition coefficient (Wildman–Crippen LogP) is 5.96. The number of halogens is 1. The lowest BCUT2D eigenvalue weighted by Gasteiger charge is -2.33. The highest BCUT2D eigenvalue weighted by atomic mass is 79.9. The molecule has 2 aliphatic rings. The van der Waals surface area contributed by atoms with Crippen molar-refractivity contribution in [2.75, 3.05) is 49.3 Å². The Morgan fingerprint density at radius 3 is 2.90 bits per heavy atom. The van der Waals surface area contributed by atoms with Gasteiger partial charge in [-0.3, -0.25) is 4.79 Å². The molecule has 1 saturated heterocycles. The maximum Gasteiger partial charge on any atom is 0.234 e. The van der Waals surface area contributed by atoms with Gasteiger partial charge in [0.25, 0.3) is 0 Å². The van der Waals surface area contributed by atoms with Gasteiger partial charge in [-0.1, -0.05) is 24.3 Å². The van der Waals surface area contributed by atoms with Gasteiger partial charge in [0.2, 0.25) is 11.9 Å². The van der Waals surface area contributed by atoms with E-state index in [2.05, 4.69) is 73.0 Å². The average Bonchev–Trinajstić information content (AvgIpc) is 3.17. The van der Waals surface area contributed by atoms with Crippen LogP contribution in [-0.2, 0) is 21.5 Å². The van der Waals surface area contributed by atoms with Crippen molar-refractivity contribution < 1.29 is 9.53 Å². The van der Waals surface area contributed by atoms with Crippen LogP contribution < -0.4 is 16.0 Å². The fourth-order valence-electron chi connectivity index (χ4n) is 5.66. The third kappa shape index (κ3) is 5.95. The first-order valence-corrected chi connectivity index (χ1v) is 14.3. The monoisotopic (exact) mass is 592 g/mol. The van der Waals surface area contributed by atoms with E-state index < -0.39 is 5.41 Å². The van der Waals surface area contributed by atoms with Crippen molar-refractivity contribution in [1.82, 2.24) is 14.9 Å². The lowest BCUT2D eigenvalue weighted by Crippen LogP contribution is -2.36. The summed E-state index contributed by atoms with van der Waals surface area (Å²) in [6.45, 7) is 10.6. The van der Waals surface area contributed by atoms with E-state index >= 15 is 0 Å². The molecule has 2 aromatic carbocycles. The lowest BCUT2D eigenvalue weighted by atomic mass is 9.83. The molecule has 5 rings (SSSR count). The summed E-state index contributed by atoms with van der Waals surface area (Å²) in [5, 5.41) is 9.83. The van der Waals surface area contributed by atoms with E-state index in [-0.39, 0.29) is 5.91 Å². The molecule has 3 N–H and O–H groups in total. The molecule has 0 aliphatic carbocycles. The number of anilines is 4. The second kappa shape index (κ2) is 11.6. The predicted molar refractivity (Wildman–Crippen MR) is 160 cm³/mol. The number of carbonyl (C=O) groups excluding carboxylic acids is 1. The SMILES string of the molecule is COCCN1CCC[C@@H](c2ccc(Nc3ncc(Br)c(NCc4cccc5c4C(C)(C)C(=O)N5)n3)c(C)c2)C1. The third-order valence-electron chi connectivity index (χ3n) is 7.87. The highest BCUT2D eigenvalue weighted by molar-refractivity contribution is 9.10. The number of aromatic nitrogens is 2. The van der Waals surface area contributed by atoms with Gasteiger partial charge in [-0.25, -0.2) is 4.98 Å². The number of hydrogen-bond acceptors (Lipinski definition) is 7. The van der Waals surface area contributed by atoms with E-state index in [9.17, 15) is 4.79 Å². The van der Waals surface area contributed by atoms with E-state index in [1.807, 2.05) is 26.0 Å². The van der Waals surface area contributed by atoms with Gasteiger partial charge in [0, 0.05) is 44.3 Å². The van der Waals surface area contributed by atoms with Crippen LogP contribution in [0.15, 0.2) is 47.1 Å². The second-order valence-electron chi connectivity index (χ2n) is 11.0. The van der Waals surface area contributed by atoms with Crippen LogP contribution in [0.5, 0.6) is 0 Å². The molecular weight excluding hydrogens is 556 g/mol. The average molecular weight is 594 g/mol. The molecule has 1 fully saturated rings. The molecule has 0 saturated carbocycles. The van der Waals surface area contributed by atoms with Crippen molar-refractivity contribution in [3.05, 3.63) is 69.3 Å². The summed E-state index contributed by atoms with van der Waals surface area (Å²) in [5.41, 5.74) is 5.93. The molecule has 0 bridgehead atoms. The van der Waals surface area contributed by atoms with Crippen molar-refractivity contribution >= 4 is 45.0 Å². The highest BCUT2D eigenvalue weighted by Gasteiger charge is 2.39. The molecular formula is C30H37BrN6O2. The number of piperidine rings is 1. The number of nitrogens with zero attached hydrogens (tertiary/aromatic N) is 3. The maximum absolute atomic E-state index is 12.5. The fraction of sp³-hybridized carbons (Fsp3) is 0.433. The van der Waals surface area contributed by atoms with Gasteiger partial charge in [0.1, 0.15) is 5.82 Å². The first-order chi connectivity index (χ1) is 18.8. The Balaban J connectivity index is 1.27. The topological polar surface area (TPSA) is 91.4 Å². The van der Waals surface area contributed by atoms with Crippen molar-refractivity contribution in [3.8, 4) is 0 Å². The minimum absolute atomic E-state index is 0.0212. The van der Waals surface area contributed by atoms with E-state index in [1.54, 1.807) is 13.3 Å². The van der Waals surface area contributed by atoms with Crippen LogP contribution in [0, 0.1) is 6.92 Å². The summed E-state index contributed by atoms with van der Waals surface area (Å²) in [6, 6.07) is 12.6. The van der Waals surface area contributed by atoms with E-state index in [0.717, 1.165) is 53.2 Å². The highest BCUT2D eigenvalue weighted by Crippen LogP contribution is 2.40. The summed E-state index contributed by atoms with van der Waals surface area (Å²) in [7, 11) is 1.76. The van der Waals surface area contributed by atoms with Crippen LogP contribution in [0.4, 0.5) is 23.1 Å². The van der Waals surface area contributed by atoms with Crippen LogP contribution in [0.1, 0.15) is 54.9 Å².